The zero-order chi connectivity index (χ0) is 13.6. The maximum absolute atomic E-state index is 13.5. The molecule has 0 aliphatic carbocycles. The van der Waals surface area contributed by atoms with E-state index in [1.807, 2.05) is 18.2 Å². The van der Waals surface area contributed by atoms with Crippen molar-refractivity contribution in [2.75, 3.05) is 0 Å². The summed E-state index contributed by atoms with van der Waals surface area (Å²) in [6.45, 7) is 0. The van der Waals surface area contributed by atoms with Crippen molar-refractivity contribution in [2.24, 2.45) is 0 Å². The molecule has 0 fully saturated rings. The summed E-state index contributed by atoms with van der Waals surface area (Å²) in [6, 6.07) is 9.09. The molecule has 1 N–H and O–H groups in total. The van der Waals surface area contributed by atoms with Gasteiger partial charge in [0.25, 0.3) is 0 Å². The molecule has 0 spiro atoms. The van der Waals surface area contributed by atoms with Crippen LogP contribution in [0.3, 0.4) is 0 Å². The lowest BCUT2D eigenvalue weighted by atomic mass is 10.2. The van der Waals surface area contributed by atoms with Gasteiger partial charge in [-0.1, -0.05) is 15.9 Å². The van der Waals surface area contributed by atoms with Crippen molar-refractivity contribution in [3.05, 3.63) is 48.7 Å². The lowest BCUT2D eigenvalue weighted by Crippen LogP contribution is -1.84. The first-order valence-electron chi connectivity index (χ1n) is 5.35. The Bertz CT molecular complexity index is 747. The van der Waals surface area contributed by atoms with E-state index in [9.17, 15) is 4.39 Å². The van der Waals surface area contributed by atoms with Crippen LogP contribution >= 0.6 is 54.5 Å². The minimum absolute atomic E-state index is 0.299. The molecular weight excluding hydrogens is 490 g/mol. The summed E-state index contributed by atoms with van der Waals surface area (Å²) in [6.07, 6.45) is 0. The summed E-state index contributed by atoms with van der Waals surface area (Å²) < 4.78 is 16.0. The number of nitrogens with zero attached hydrogens (tertiary/aromatic N) is 1. The molecule has 0 aliphatic heterocycles. The molecule has 0 saturated carbocycles. The highest BCUT2D eigenvalue weighted by molar-refractivity contribution is 14.1. The number of hydrogen-bond donors (Lipinski definition) is 1. The van der Waals surface area contributed by atoms with Crippen molar-refractivity contribution < 1.29 is 4.39 Å². The first kappa shape index (κ1) is 13.5. The van der Waals surface area contributed by atoms with Crippen LogP contribution in [0.1, 0.15) is 0 Å². The van der Waals surface area contributed by atoms with Gasteiger partial charge in [0.05, 0.1) is 15.5 Å². The summed E-state index contributed by atoms with van der Waals surface area (Å²) in [5.41, 5.74) is 2.41. The van der Waals surface area contributed by atoms with Gasteiger partial charge in [-0.15, -0.1) is 0 Å². The Morgan fingerprint density at radius 2 is 1.95 bits per heavy atom. The number of halogens is 4. The Morgan fingerprint density at radius 1 is 1.16 bits per heavy atom. The second kappa shape index (κ2) is 5.14. The Balaban J connectivity index is 2.23. The number of aromatic amines is 1. The number of aromatic nitrogens is 2. The molecule has 0 radical (unpaired) electrons. The van der Waals surface area contributed by atoms with Crippen molar-refractivity contribution in [2.45, 2.75) is 0 Å². The molecular formula is C13H6Br2FIN2. The van der Waals surface area contributed by atoms with E-state index >= 15 is 0 Å². The standard InChI is InChI=1S/C13H6Br2FIN2/c14-6-1-2-10(17)7(3-6)13-18-11-4-8(15)9(16)5-12(11)19-13/h1-5H,(H,18,19). The molecule has 2 nitrogen and oxygen atoms in total. The minimum Gasteiger partial charge on any atom is -0.338 e. The lowest BCUT2D eigenvalue weighted by molar-refractivity contribution is 0.623. The van der Waals surface area contributed by atoms with Gasteiger partial charge in [-0.25, -0.2) is 9.37 Å². The van der Waals surface area contributed by atoms with Crippen LogP contribution < -0.4 is 0 Å². The van der Waals surface area contributed by atoms with E-state index in [4.69, 9.17) is 0 Å². The molecule has 0 saturated heterocycles. The molecule has 0 unspecified atom stereocenters. The molecule has 2 aromatic carbocycles. The van der Waals surface area contributed by atoms with Crippen molar-refractivity contribution in [1.82, 2.24) is 9.97 Å². The molecule has 1 heterocycles. The third-order valence-corrected chi connectivity index (χ3v) is 4.75. The Labute approximate surface area is 139 Å². The fourth-order valence-electron chi connectivity index (χ4n) is 1.81. The molecule has 0 bridgehead atoms. The molecule has 19 heavy (non-hydrogen) atoms. The van der Waals surface area contributed by atoms with E-state index in [1.165, 1.54) is 6.07 Å². The number of H-pyrrole nitrogens is 1. The van der Waals surface area contributed by atoms with E-state index in [2.05, 4.69) is 64.4 Å². The fourth-order valence-corrected chi connectivity index (χ4v) is 3.09. The summed E-state index contributed by atoms with van der Waals surface area (Å²) in [5, 5.41) is 0. The third-order valence-electron chi connectivity index (χ3n) is 2.71. The van der Waals surface area contributed by atoms with Crippen LogP contribution in [0, 0.1) is 9.39 Å². The van der Waals surface area contributed by atoms with Crippen LogP contribution in [0.4, 0.5) is 4.39 Å². The molecule has 3 aromatic rings. The Kier molecular flexibility index (Phi) is 3.65. The first-order chi connectivity index (χ1) is 9.04. The normalized spacial score (nSPS) is 11.2. The van der Waals surface area contributed by atoms with Crippen LogP contribution in [0.5, 0.6) is 0 Å². The molecule has 0 aliphatic rings. The Morgan fingerprint density at radius 3 is 2.74 bits per heavy atom. The number of hydrogen-bond acceptors (Lipinski definition) is 1. The maximum atomic E-state index is 13.5. The second-order valence-corrected chi connectivity index (χ2v) is 6.93. The third kappa shape index (κ3) is 2.57. The molecule has 1 aromatic heterocycles. The van der Waals surface area contributed by atoms with E-state index in [0.717, 1.165) is 24.9 Å². The van der Waals surface area contributed by atoms with Gasteiger partial charge in [-0.2, -0.15) is 0 Å². The number of benzene rings is 2. The van der Waals surface area contributed by atoms with Crippen molar-refractivity contribution in [3.8, 4) is 11.4 Å². The molecule has 0 amide bonds. The number of nitrogens with one attached hydrogen (secondary N) is 1. The van der Waals surface area contributed by atoms with E-state index in [1.54, 1.807) is 6.07 Å². The zero-order valence-corrected chi connectivity index (χ0v) is 14.7. The monoisotopic (exact) mass is 494 g/mol. The topological polar surface area (TPSA) is 28.7 Å². The highest BCUT2D eigenvalue weighted by atomic mass is 127. The van der Waals surface area contributed by atoms with Crippen LogP contribution in [-0.4, -0.2) is 9.97 Å². The highest BCUT2D eigenvalue weighted by Gasteiger charge is 2.11. The maximum Gasteiger partial charge on any atom is 0.139 e. The fraction of sp³-hybridized carbons (Fsp3) is 0. The molecule has 0 atom stereocenters. The van der Waals surface area contributed by atoms with Crippen molar-refractivity contribution in [3.63, 3.8) is 0 Å². The molecule has 6 heteroatoms. The largest absolute Gasteiger partial charge is 0.338 e. The Hall–Kier alpha value is -0.470. The highest BCUT2D eigenvalue weighted by Crippen LogP contribution is 2.29. The number of imidazole rings is 1. The van der Waals surface area contributed by atoms with Crippen LogP contribution in [0.25, 0.3) is 22.4 Å². The summed E-state index contributed by atoms with van der Waals surface area (Å²) in [4.78, 5) is 7.66. The smallest absolute Gasteiger partial charge is 0.139 e. The SMILES string of the molecule is Fc1cc2[nH]c(-c3cc(Br)ccc3I)nc2cc1Br. The second-order valence-electron chi connectivity index (χ2n) is 3.99. The first-order valence-corrected chi connectivity index (χ1v) is 8.01. The predicted octanol–water partition coefficient (Wildman–Crippen LogP) is 5.50. The minimum atomic E-state index is -0.299. The average Bonchev–Trinajstić information content (AvgIpc) is 2.75. The van der Waals surface area contributed by atoms with Crippen LogP contribution in [0.2, 0.25) is 0 Å². The van der Waals surface area contributed by atoms with Gasteiger partial charge in [0.15, 0.2) is 0 Å². The summed E-state index contributed by atoms with van der Waals surface area (Å²) in [5.74, 6) is 0.435. The van der Waals surface area contributed by atoms with Gasteiger partial charge in [-0.3, -0.25) is 0 Å². The van der Waals surface area contributed by atoms with E-state index in [-0.39, 0.29) is 5.82 Å². The van der Waals surface area contributed by atoms with Gasteiger partial charge in [0.2, 0.25) is 0 Å². The van der Waals surface area contributed by atoms with Gasteiger partial charge in [0, 0.05) is 19.7 Å². The van der Waals surface area contributed by atoms with Gasteiger partial charge in [0.1, 0.15) is 11.6 Å². The van der Waals surface area contributed by atoms with Gasteiger partial charge in [-0.05, 0) is 62.8 Å². The summed E-state index contributed by atoms with van der Waals surface area (Å²) >= 11 is 8.87. The zero-order valence-electron chi connectivity index (χ0n) is 9.35. The number of fused-ring (bicyclic) bond motifs is 1. The number of rotatable bonds is 1. The lowest BCUT2D eigenvalue weighted by Gasteiger charge is -2.01. The van der Waals surface area contributed by atoms with Crippen molar-refractivity contribution >= 4 is 65.5 Å². The molecule has 3 rings (SSSR count). The van der Waals surface area contributed by atoms with Gasteiger partial charge < -0.3 is 4.98 Å². The average molecular weight is 496 g/mol. The predicted molar refractivity (Wildman–Crippen MR) is 89.6 cm³/mol. The van der Waals surface area contributed by atoms with E-state index < -0.39 is 0 Å². The molecule has 96 valence electrons. The van der Waals surface area contributed by atoms with Gasteiger partial charge >= 0.3 is 0 Å². The van der Waals surface area contributed by atoms with Crippen LogP contribution in [0.15, 0.2) is 39.3 Å². The van der Waals surface area contributed by atoms with Crippen molar-refractivity contribution in [1.29, 1.82) is 0 Å². The quantitative estimate of drug-likeness (QED) is 0.444. The van der Waals surface area contributed by atoms with Crippen LogP contribution in [-0.2, 0) is 0 Å². The van der Waals surface area contributed by atoms with E-state index in [0.29, 0.717) is 9.99 Å². The summed E-state index contributed by atoms with van der Waals surface area (Å²) in [7, 11) is 0.